The molecule has 1 heterocycles. The molecule has 0 bridgehead atoms. The molecule has 0 aromatic carbocycles. The molecule has 2 unspecified atom stereocenters. The van der Waals surface area contributed by atoms with Gasteiger partial charge in [0.2, 0.25) is 0 Å². The third-order valence-electron chi connectivity index (χ3n) is 3.37. The minimum atomic E-state index is -0.869. The summed E-state index contributed by atoms with van der Waals surface area (Å²) in [6, 6.07) is 0.139. The van der Waals surface area contributed by atoms with E-state index in [4.69, 9.17) is 10.5 Å². The lowest BCUT2D eigenvalue weighted by Gasteiger charge is -2.20. The van der Waals surface area contributed by atoms with Gasteiger partial charge in [0.05, 0.1) is 13.2 Å². The third kappa shape index (κ3) is 2.04. The van der Waals surface area contributed by atoms with E-state index in [0.29, 0.717) is 12.8 Å². The number of esters is 1. The highest BCUT2D eigenvalue weighted by atomic mass is 16.5. The average Bonchev–Trinajstić information content (AvgIpc) is 2.82. The summed E-state index contributed by atoms with van der Waals surface area (Å²) in [5.74, 6) is 1.27. The first-order valence-electron chi connectivity index (χ1n) is 5.73. The Kier molecular flexibility index (Phi) is 2.91. The number of nitrogens with zero attached hydrogens (tertiary/aromatic N) is 3. The number of methoxy groups -OCH3 is 1. The second kappa shape index (κ2) is 4.10. The first-order valence-corrected chi connectivity index (χ1v) is 5.73. The highest BCUT2D eigenvalue weighted by Crippen LogP contribution is 2.36. The summed E-state index contributed by atoms with van der Waals surface area (Å²) in [5, 5.41) is 4.34. The highest BCUT2D eigenvalue weighted by Gasteiger charge is 2.44. The molecule has 0 aliphatic heterocycles. The Bertz CT molecular complexity index is 443. The van der Waals surface area contributed by atoms with Crippen molar-refractivity contribution in [3.05, 3.63) is 11.6 Å². The fraction of sp³-hybridized carbons (Fsp3) is 0.727. The van der Waals surface area contributed by atoms with E-state index in [9.17, 15) is 4.79 Å². The van der Waals surface area contributed by atoms with Crippen molar-refractivity contribution >= 4 is 5.97 Å². The Morgan fingerprint density at radius 1 is 1.59 bits per heavy atom. The molecular weight excluding hydrogens is 220 g/mol. The maximum Gasteiger partial charge on any atom is 0.325 e. The zero-order valence-electron chi connectivity index (χ0n) is 10.4. The van der Waals surface area contributed by atoms with E-state index in [0.717, 1.165) is 18.1 Å². The zero-order chi connectivity index (χ0) is 12.6. The van der Waals surface area contributed by atoms with Gasteiger partial charge in [0.15, 0.2) is 0 Å². The van der Waals surface area contributed by atoms with Gasteiger partial charge >= 0.3 is 5.97 Å². The van der Waals surface area contributed by atoms with Crippen molar-refractivity contribution in [1.82, 2.24) is 14.8 Å². The van der Waals surface area contributed by atoms with Crippen LogP contribution < -0.4 is 5.73 Å². The lowest BCUT2D eigenvalue weighted by Crippen LogP contribution is -2.46. The van der Waals surface area contributed by atoms with Crippen LogP contribution in [0.15, 0.2) is 0 Å². The molecule has 1 aromatic rings. The van der Waals surface area contributed by atoms with Gasteiger partial charge in [-0.15, -0.1) is 0 Å². The summed E-state index contributed by atoms with van der Waals surface area (Å²) < 4.78 is 6.62. The van der Waals surface area contributed by atoms with Crippen molar-refractivity contribution in [2.24, 2.45) is 5.73 Å². The van der Waals surface area contributed by atoms with Crippen LogP contribution in [-0.4, -0.2) is 33.4 Å². The number of aryl methyl sites for hydroxylation is 2. The minimum absolute atomic E-state index is 0.139. The zero-order valence-corrected chi connectivity index (χ0v) is 10.4. The van der Waals surface area contributed by atoms with Crippen LogP contribution in [-0.2, 0) is 9.53 Å². The molecule has 2 N–H and O–H groups in total. The predicted molar refractivity (Wildman–Crippen MR) is 61.3 cm³/mol. The molecule has 0 spiro atoms. The first-order chi connectivity index (χ1) is 7.96. The summed E-state index contributed by atoms with van der Waals surface area (Å²) in [6.07, 6.45) is 2.02. The molecule has 0 amide bonds. The Morgan fingerprint density at radius 3 is 2.82 bits per heavy atom. The maximum atomic E-state index is 11.6. The van der Waals surface area contributed by atoms with E-state index in [1.54, 1.807) is 0 Å². The van der Waals surface area contributed by atoms with Crippen LogP contribution in [0.4, 0.5) is 0 Å². The SMILES string of the molecule is COC(=O)C1(N)CCC(n2nc(C)nc2C)C1. The largest absolute Gasteiger partial charge is 0.468 e. The van der Waals surface area contributed by atoms with Crippen molar-refractivity contribution in [3.63, 3.8) is 0 Å². The van der Waals surface area contributed by atoms with Crippen LogP contribution in [0.5, 0.6) is 0 Å². The van der Waals surface area contributed by atoms with Gasteiger partial charge in [0, 0.05) is 0 Å². The summed E-state index contributed by atoms with van der Waals surface area (Å²) in [7, 11) is 1.37. The molecule has 0 radical (unpaired) electrons. The molecule has 0 saturated heterocycles. The number of aromatic nitrogens is 3. The maximum absolute atomic E-state index is 11.6. The average molecular weight is 238 g/mol. The Balaban J connectivity index is 2.18. The van der Waals surface area contributed by atoms with Gasteiger partial charge in [-0.2, -0.15) is 5.10 Å². The van der Waals surface area contributed by atoms with Crippen LogP contribution in [0, 0.1) is 13.8 Å². The molecule has 6 nitrogen and oxygen atoms in total. The fourth-order valence-electron chi connectivity index (χ4n) is 2.53. The van der Waals surface area contributed by atoms with Crippen molar-refractivity contribution in [3.8, 4) is 0 Å². The Labute approximate surface area is 100 Å². The first kappa shape index (κ1) is 12.0. The predicted octanol–water partition coefficient (Wildman–Crippen LogP) is 0.490. The third-order valence-corrected chi connectivity index (χ3v) is 3.37. The number of rotatable bonds is 2. The molecule has 1 saturated carbocycles. The molecular formula is C11H18N4O2. The van der Waals surface area contributed by atoms with Gasteiger partial charge in [-0.05, 0) is 33.1 Å². The van der Waals surface area contributed by atoms with Gasteiger partial charge in [0.1, 0.15) is 17.2 Å². The Morgan fingerprint density at radius 2 is 2.29 bits per heavy atom. The van der Waals surface area contributed by atoms with E-state index in [2.05, 4.69) is 10.1 Å². The normalized spacial score (nSPS) is 28.4. The topological polar surface area (TPSA) is 83.0 Å². The summed E-state index contributed by atoms with van der Waals surface area (Å²) in [5.41, 5.74) is 5.19. The lowest BCUT2D eigenvalue weighted by atomic mass is 9.99. The molecule has 6 heteroatoms. The summed E-state index contributed by atoms with van der Waals surface area (Å²) >= 11 is 0. The van der Waals surface area contributed by atoms with Crippen LogP contribution in [0.3, 0.4) is 0 Å². The second-order valence-electron chi connectivity index (χ2n) is 4.70. The fourth-order valence-corrected chi connectivity index (χ4v) is 2.53. The molecule has 1 fully saturated rings. The monoisotopic (exact) mass is 238 g/mol. The molecule has 17 heavy (non-hydrogen) atoms. The Hall–Kier alpha value is -1.43. The smallest absolute Gasteiger partial charge is 0.325 e. The van der Waals surface area contributed by atoms with Crippen molar-refractivity contribution in [1.29, 1.82) is 0 Å². The van der Waals surface area contributed by atoms with Gasteiger partial charge in [-0.1, -0.05) is 0 Å². The second-order valence-corrected chi connectivity index (χ2v) is 4.70. The summed E-state index contributed by atoms with van der Waals surface area (Å²) in [4.78, 5) is 15.9. The highest BCUT2D eigenvalue weighted by molar-refractivity contribution is 5.80. The molecule has 1 aliphatic rings. The van der Waals surface area contributed by atoms with E-state index < -0.39 is 5.54 Å². The molecule has 1 aliphatic carbocycles. The molecule has 2 atom stereocenters. The van der Waals surface area contributed by atoms with Crippen LogP contribution in [0.25, 0.3) is 0 Å². The van der Waals surface area contributed by atoms with Crippen LogP contribution >= 0.6 is 0 Å². The number of carbonyl (C=O) groups excluding carboxylic acids is 1. The number of carbonyl (C=O) groups is 1. The molecule has 94 valence electrons. The van der Waals surface area contributed by atoms with Gasteiger partial charge in [-0.3, -0.25) is 4.79 Å². The number of nitrogens with two attached hydrogens (primary N) is 1. The molecule has 1 aromatic heterocycles. The van der Waals surface area contributed by atoms with Crippen molar-refractivity contribution in [2.45, 2.75) is 44.7 Å². The van der Waals surface area contributed by atoms with E-state index in [1.165, 1.54) is 7.11 Å². The number of hydrogen-bond donors (Lipinski definition) is 1. The standard InChI is InChI=1S/C11H18N4O2/c1-7-13-8(2)15(14-7)9-4-5-11(12,6-9)10(16)17-3/h9H,4-6,12H2,1-3H3. The number of ether oxygens (including phenoxy) is 1. The van der Waals surface area contributed by atoms with Crippen LogP contribution in [0.1, 0.15) is 37.0 Å². The van der Waals surface area contributed by atoms with Crippen LogP contribution in [0.2, 0.25) is 0 Å². The van der Waals surface area contributed by atoms with Gasteiger partial charge in [0.25, 0.3) is 0 Å². The van der Waals surface area contributed by atoms with Gasteiger partial charge < -0.3 is 10.5 Å². The van der Waals surface area contributed by atoms with Gasteiger partial charge in [-0.25, -0.2) is 9.67 Å². The quantitative estimate of drug-likeness (QED) is 0.758. The van der Waals surface area contributed by atoms with E-state index in [1.807, 2.05) is 18.5 Å². The van der Waals surface area contributed by atoms with E-state index >= 15 is 0 Å². The van der Waals surface area contributed by atoms with Crippen molar-refractivity contribution in [2.75, 3.05) is 7.11 Å². The minimum Gasteiger partial charge on any atom is -0.468 e. The summed E-state index contributed by atoms with van der Waals surface area (Å²) in [6.45, 7) is 3.77. The van der Waals surface area contributed by atoms with E-state index in [-0.39, 0.29) is 12.0 Å². The lowest BCUT2D eigenvalue weighted by molar-refractivity contribution is -0.146. The number of hydrogen-bond acceptors (Lipinski definition) is 5. The van der Waals surface area contributed by atoms with Crippen molar-refractivity contribution < 1.29 is 9.53 Å². The molecule has 2 rings (SSSR count).